The quantitative estimate of drug-likeness (QED) is 0.389. The molecule has 2 rings (SSSR count). The fourth-order valence-electron chi connectivity index (χ4n) is 2.24. The third-order valence-electron chi connectivity index (χ3n) is 3.73. The van der Waals surface area contributed by atoms with Crippen molar-refractivity contribution in [3.8, 4) is 0 Å². The second-order valence-electron chi connectivity index (χ2n) is 6.18. The minimum Gasteiger partial charge on any atom is -0.357 e. The Kier molecular flexibility index (Phi) is 8.69. The highest BCUT2D eigenvalue weighted by Crippen LogP contribution is 2.26. The molecule has 0 radical (unpaired) electrons. The molecule has 2 N–H and O–H groups in total. The lowest BCUT2D eigenvalue weighted by Gasteiger charge is -2.25. The Labute approximate surface area is 166 Å². The summed E-state index contributed by atoms with van der Waals surface area (Å²) in [4.78, 5) is 10.4. The van der Waals surface area contributed by atoms with E-state index < -0.39 is 0 Å². The van der Waals surface area contributed by atoms with E-state index in [9.17, 15) is 0 Å². The summed E-state index contributed by atoms with van der Waals surface area (Å²) in [5.41, 5.74) is 2.26. The van der Waals surface area contributed by atoms with Gasteiger partial charge >= 0.3 is 0 Å². The van der Waals surface area contributed by atoms with Crippen LogP contribution in [0.15, 0.2) is 40.8 Å². The molecule has 2 aromatic rings. The molecular weight excluding hydrogens is 431 g/mol. The molecule has 0 saturated heterocycles. The van der Waals surface area contributed by atoms with Gasteiger partial charge in [-0.1, -0.05) is 26.0 Å². The van der Waals surface area contributed by atoms with Gasteiger partial charge in [-0.25, -0.2) is 4.99 Å². The van der Waals surface area contributed by atoms with Crippen LogP contribution >= 0.6 is 35.3 Å². The minimum atomic E-state index is 0. The van der Waals surface area contributed by atoms with Crippen molar-refractivity contribution < 1.29 is 0 Å². The molecule has 132 valence electrons. The number of hydrogen-bond donors (Lipinski definition) is 2. The number of aryl methyl sites for hydroxylation is 1. The molecule has 24 heavy (non-hydrogen) atoms. The van der Waals surface area contributed by atoms with Crippen LogP contribution in [0.25, 0.3) is 0 Å². The predicted octanol–water partition coefficient (Wildman–Crippen LogP) is 4.10. The van der Waals surface area contributed by atoms with Crippen molar-refractivity contribution in [3.05, 3.63) is 52.0 Å². The van der Waals surface area contributed by atoms with Crippen molar-refractivity contribution in [2.24, 2.45) is 4.99 Å². The van der Waals surface area contributed by atoms with E-state index in [4.69, 9.17) is 0 Å². The molecule has 0 aliphatic rings. The van der Waals surface area contributed by atoms with Gasteiger partial charge in [-0.2, -0.15) is 0 Å². The molecule has 0 aliphatic carbocycles. The van der Waals surface area contributed by atoms with E-state index in [1.807, 2.05) is 12.3 Å². The average Bonchev–Trinajstić information content (AvgIpc) is 3.07. The van der Waals surface area contributed by atoms with Gasteiger partial charge in [0.1, 0.15) is 0 Å². The van der Waals surface area contributed by atoms with Crippen LogP contribution < -0.4 is 10.6 Å². The summed E-state index contributed by atoms with van der Waals surface area (Å²) >= 11 is 1.80. The second kappa shape index (κ2) is 9.98. The van der Waals surface area contributed by atoms with E-state index in [0.717, 1.165) is 24.7 Å². The van der Waals surface area contributed by atoms with Gasteiger partial charge in [0.15, 0.2) is 5.96 Å². The number of hydrogen-bond acceptors (Lipinski definition) is 3. The number of aromatic nitrogens is 1. The van der Waals surface area contributed by atoms with E-state index in [1.165, 1.54) is 10.4 Å². The van der Waals surface area contributed by atoms with Crippen LogP contribution in [0.2, 0.25) is 0 Å². The van der Waals surface area contributed by atoms with Crippen molar-refractivity contribution in [1.29, 1.82) is 0 Å². The third-order valence-corrected chi connectivity index (χ3v) is 4.97. The largest absolute Gasteiger partial charge is 0.357 e. The van der Waals surface area contributed by atoms with Crippen molar-refractivity contribution in [1.82, 2.24) is 15.6 Å². The molecule has 2 heterocycles. The Morgan fingerprint density at radius 1 is 1.25 bits per heavy atom. The molecule has 0 atom stereocenters. The highest BCUT2D eigenvalue weighted by Gasteiger charge is 2.21. The molecule has 0 fully saturated rings. The molecule has 4 nitrogen and oxygen atoms in total. The first-order valence-corrected chi connectivity index (χ1v) is 8.87. The third kappa shape index (κ3) is 6.05. The smallest absolute Gasteiger partial charge is 0.191 e. The lowest BCUT2D eigenvalue weighted by atomic mass is 9.91. The summed E-state index contributed by atoms with van der Waals surface area (Å²) in [6.07, 6.45) is 1.82. The van der Waals surface area contributed by atoms with E-state index >= 15 is 0 Å². The van der Waals surface area contributed by atoms with Crippen LogP contribution in [0.1, 0.15) is 36.9 Å². The van der Waals surface area contributed by atoms with Crippen LogP contribution in [0, 0.1) is 6.92 Å². The fourth-order valence-corrected chi connectivity index (χ4v) is 3.09. The zero-order chi connectivity index (χ0) is 16.7. The number of halogens is 1. The van der Waals surface area contributed by atoms with Crippen LogP contribution in [-0.2, 0) is 12.0 Å². The number of guanidine groups is 1. The molecule has 0 bridgehead atoms. The van der Waals surface area contributed by atoms with Crippen LogP contribution in [-0.4, -0.2) is 24.0 Å². The molecule has 0 saturated carbocycles. The first-order valence-electron chi connectivity index (χ1n) is 7.99. The van der Waals surface area contributed by atoms with Crippen LogP contribution in [0.3, 0.4) is 0 Å². The number of pyridine rings is 1. The van der Waals surface area contributed by atoms with E-state index in [1.54, 1.807) is 11.3 Å². The zero-order valence-electron chi connectivity index (χ0n) is 14.8. The van der Waals surface area contributed by atoms with E-state index in [0.29, 0.717) is 6.54 Å². The van der Waals surface area contributed by atoms with Gasteiger partial charge in [0.05, 0.1) is 12.2 Å². The fraction of sp³-hybridized carbons (Fsp3) is 0.444. The number of nitrogens with one attached hydrogen (secondary N) is 2. The molecular formula is C18H27IN4S. The lowest BCUT2D eigenvalue weighted by molar-refractivity contribution is 0.518. The summed E-state index contributed by atoms with van der Waals surface area (Å²) in [5.74, 6) is 0.835. The Bertz CT molecular complexity index is 638. The van der Waals surface area contributed by atoms with Gasteiger partial charge in [0.25, 0.3) is 0 Å². The lowest BCUT2D eigenvalue weighted by Crippen LogP contribution is -2.43. The average molecular weight is 458 g/mol. The minimum absolute atomic E-state index is 0. The summed E-state index contributed by atoms with van der Waals surface area (Å²) in [5, 5.41) is 8.89. The summed E-state index contributed by atoms with van der Waals surface area (Å²) < 4.78 is 0. The van der Waals surface area contributed by atoms with Gasteiger partial charge in [-0.3, -0.25) is 4.98 Å². The normalized spacial score (nSPS) is 11.8. The van der Waals surface area contributed by atoms with Crippen LogP contribution in [0.5, 0.6) is 0 Å². The SMILES string of the molecule is CCNC(=NCc1ncccc1C)NCC(C)(C)c1cccs1.I. The maximum atomic E-state index is 4.66. The zero-order valence-corrected chi connectivity index (χ0v) is 17.9. The van der Waals surface area contributed by atoms with Crippen molar-refractivity contribution in [3.63, 3.8) is 0 Å². The molecule has 2 aromatic heterocycles. The molecule has 0 aliphatic heterocycles. The number of aliphatic imine (C=N–C) groups is 1. The van der Waals surface area contributed by atoms with Gasteiger partial charge < -0.3 is 10.6 Å². The maximum Gasteiger partial charge on any atom is 0.191 e. The van der Waals surface area contributed by atoms with Crippen molar-refractivity contribution >= 4 is 41.3 Å². The standard InChI is InChI=1S/C18H26N4S.HI/c1-5-19-17(21-12-15-14(2)8-6-10-20-15)22-13-18(3,4)16-9-7-11-23-16;/h6-11H,5,12-13H2,1-4H3,(H2,19,21,22);1H. The Hall–Kier alpha value is -1.15. The van der Waals surface area contributed by atoms with Gasteiger partial charge in [0, 0.05) is 29.6 Å². The summed E-state index contributed by atoms with van der Waals surface area (Å²) in [6, 6.07) is 8.31. The highest BCUT2D eigenvalue weighted by atomic mass is 127. The first-order chi connectivity index (χ1) is 11.0. The molecule has 0 amide bonds. The number of thiophene rings is 1. The monoisotopic (exact) mass is 458 g/mol. The predicted molar refractivity (Wildman–Crippen MR) is 115 cm³/mol. The highest BCUT2D eigenvalue weighted by molar-refractivity contribution is 14.0. The topological polar surface area (TPSA) is 49.3 Å². The Morgan fingerprint density at radius 3 is 2.67 bits per heavy atom. The Morgan fingerprint density at radius 2 is 2.04 bits per heavy atom. The van der Waals surface area contributed by atoms with Gasteiger partial charge in [-0.15, -0.1) is 35.3 Å². The van der Waals surface area contributed by atoms with Gasteiger partial charge in [-0.05, 0) is 36.9 Å². The summed E-state index contributed by atoms with van der Waals surface area (Å²) in [7, 11) is 0. The number of rotatable bonds is 6. The number of nitrogens with zero attached hydrogens (tertiary/aromatic N) is 2. The maximum absolute atomic E-state index is 4.66. The Balaban J connectivity index is 0.00000288. The molecule has 6 heteroatoms. The molecule has 0 spiro atoms. The summed E-state index contributed by atoms with van der Waals surface area (Å²) in [6.45, 7) is 10.9. The van der Waals surface area contributed by atoms with Gasteiger partial charge in [0.2, 0.25) is 0 Å². The van der Waals surface area contributed by atoms with Crippen molar-refractivity contribution in [2.75, 3.05) is 13.1 Å². The van der Waals surface area contributed by atoms with E-state index in [2.05, 4.69) is 71.9 Å². The first kappa shape index (κ1) is 20.9. The second-order valence-corrected chi connectivity index (χ2v) is 7.12. The molecule has 0 aromatic carbocycles. The van der Waals surface area contributed by atoms with Crippen molar-refractivity contribution in [2.45, 2.75) is 39.7 Å². The van der Waals surface area contributed by atoms with Crippen LogP contribution in [0.4, 0.5) is 0 Å². The van der Waals surface area contributed by atoms with E-state index in [-0.39, 0.29) is 29.4 Å². The molecule has 0 unspecified atom stereocenters.